The van der Waals surface area contributed by atoms with E-state index in [1.54, 1.807) is 12.1 Å². The maximum Gasteiger partial charge on any atom is 0.344 e. The molecule has 0 saturated carbocycles. The van der Waals surface area contributed by atoms with Crippen molar-refractivity contribution < 1.29 is 19.0 Å². The van der Waals surface area contributed by atoms with Gasteiger partial charge in [-0.05, 0) is 76.6 Å². The van der Waals surface area contributed by atoms with Crippen LogP contribution in [0.5, 0.6) is 11.5 Å². The van der Waals surface area contributed by atoms with Crippen LogP contribution in [0.4, 0.5) is 5.69 Å². The van der Waals surface area contributed by atoms with E-state index in [0.717, 1.165) is 75.6 Å². The van der Waals surface area contributed by atoms with Crippen molar-refractivity contribution in [2.45, 2.75) is 58.2 Å². The third-order valence-electron chi connectivity index (χ3n) is 6.83. The standard InChI is InChI=1S/C29H38Cl2N2O4/c1-29(2,3)37-28(34)20-35-27-7-5-4-6-26(27)33-16-10-21(11-17-33)19-32-14-12-22(13-15-32)36-23-8-9-24(30)25(31)18-23/h4-9,18,21-22H,10-17,19-20H2,1-3H3. The fourth-order valence-corrected chi connectivity index (χ4v) is 5.31. The number of para-hydroxylation sites is 2. The lowest BCUT2D eigenvalue weighted by atomic mass is 9.94. The molecule has 2 heterocycles. The summed E-state index contributed by atoms with van der Waals surface area (Å²) in [6, 6.07) is 13.4. The van der Waals surface area contributed by atoms with E-state index in [9.17, 15) is 4.79 Å². The van der Waals surface area contributed by atoms with E-state index >= 15 is 0 Å². The van der Waals surface area contributed by atoms with Gasteiger partial charge in [0.2, 0.25) is 0 Å². The predicted molar refractivity (Wildman–Crippen MR) is 149 cm³/mol. The average molecular weight is 550 g/mol. The molecule has 0 aliphatic carbocycles. The Bertz CT molecular complexity index is 1040. The number of carbonyl (C=O) groups is 1. The van der Waals surface area contributed by atoms with Gasteiger partial charge in [0.1, 0.15) is 23.2 Å². The Kier molecular flexibility index (Phi) is 9.49. The first-order chi connectivity index (χ1) is 17.7. The van der Waals surface area contributed by atoms with E-state index in [2.05, 4.69) is 15.9 Å². The number of carbonyl (C=O) groups excluding carboxylic acids is 1. The predicted octanol–water partition coefficient (Wildman–Crippen LogP) is 6.47. The number of anilines is 1. The van der Waals surface area contributed by atoms with Gasteiger partial charge in [-0.25, -0.2) is 4.79 Å². The largest absolute Gasteiger partial charge is 0.490 e. The molecular weight excluding hydrogens is 511 g/mol. The van der Waals surface area contributed by atoms with Gasteiger partial charge >= 0.3 is 5.97 Å². The van der Waals surface area contributed by atoms with Crippen molar-refractivity contribution in [3.05, 3.63) is 52.5 Å². The van der Waals surface area contributed by atoms with E-state index < -0.39 is 5.60 Å². The maximum atomic E-state index is 12.1. The molecule has 37 heavy (non-hydrogen) atoms. The number of benzene rings is 2. The molecule has 2 aromatic rings. The SMILES string of the molecule is CC(C)(C)OC(=O)COc1ccccc1N1CCC(CN2CCC(Oc3ccc(Cl)c(Cl)c3)CC2)CC1. The zero-order valence-corrected chi connectivity index (χ0v) is 23.6. The smallest absolute Gasteiger partial charge is 0.344 e. The summed E-state index contributed by atoms with van der Waals surface area (Å²) < 4.78 is 17.4. The zero-order valence-electron chi connectivity index (χ0n) is 22.1. The number of nitrogens with zero attached hydrogens (tertiary/aromatic N) is 2. The van der Waals surface area contributed by atoms with Crippen LogP contribution in [0.25, 0.3) is 0 Å². The second-order valence-electron chi connectivity index (χ2n) is 11.0. The third-order valence-corrected chi connectivity index (χ3v) is 7.57. The Labute approximate surface area is 230 Å². The highest BCUT2D eigenvalue weighted by Crippen LogP contribution is 2.33. The van der Waals surface area contributed by atoms with Crippen LogP contribution in [0, 0.1) is 5.92 Å². The molecule has 6 nitrogen and oxygen atoms in total. The van der Waals surface area contributed by atoms with E-state index in [-0.39, 0.29) is 18.7 Å². The summed E-state index contributed by atoms with van der Waals surface area (Å²) >= 11 is 12.1. The normalized spacial score (nSPS) is 18.0. The van der Waals surface area contributed by atoms with E-state index in [0.29, 0.717) is 16.0 Å². The minimum atomic E-state index is -0.519. The Morgan fingerprint density at radius 3 is 2.32 bits per heavy atom. The Morgan fingerprint density at radius 2 is 1.65 bits per heavy atom. The number of halogens is 2. The van der Waals surface area contributed by atoms with Gasteiger partial charge in [-0.1, -0.05) is 35.3 Å². The van der Waals surface area contributed by atoms with Crippen LogP contribution >= 0.6 is 23.2 Å². The van der Waals surface area contributed by atoms with Gasteiger partial charge in [0.15, 0.2) is 6.61 Å². The fraction of sp³-hybridized carbons (Fsp3) is 0.552. The lowest BCUT2D eigenvalue weighted by molar-refractivity contribution is -0.157. The zero-order chi connectivity index (χ0) is 26.4. The van der Waals surface area contributed by atoms with Gasteiger partial charge in [-0.3, -0.25) is 0 Å². The summed E-state index contributed by atoms with van der Waals surface area (Å²) in [5.74, 6) is 1.84. The monoisotopic (exact) mass is 548 g/mol. The summed E-state index contributed by atoms with van der Waals surface area (Å²) in [6.07, 6.45) is 4.52. The third kappa shape index (κ3) is 8.42. The van der Waals surface area contributed by atoms with Crippen LogP contribution < -0.4 is 14.4 Å². The molecule has 0 N–H and O–H groups in total. The van der Waals surface area contributed by atoms with E-state index in [1.807, 2.05) is 45.0 Å². The fourth-order valence-electron chi connectivity index (χ4n) is 5.02. The number of rotatable bonds is 8. The van der Waals surface area contributed by atoms with Crippen molar-refractivity contribution in [2.24, 2.45) is 5.92 Å². The first-order valence-corrected chi connectivity index (χ1v) is 13.9. The molecule has 4 rings (SSSR count). The van der Waals surface area contributed by atoms with Crippen molar-refractivity contribution >= 4 is 34.9 Å². The van der Waals surface area contributed by atoms with Crippen LogP contribution in [0.3, 0.4) is 0 Å². The van der Waals surface area contributed by atoms with Gasteiger partial charge in [-0.15, -0.1) is 0 Å². The van der Waals surface area contributed by atoms with Crippen molar-refractivity contribution in [3.63, 3.8) is 0 Å². The highest BCUT2D eigenvalue weighted by Gasteiger charge is 2.27. The lowest BCUT2D eigenvalue weighted by Crippen LogP contribution is -2.43. The first-order valence-electron chi connectivity index (χ1n) is 13.2. The highest BCUT2D eigenvalue weighted by atomic mass is 35.5. The van der Waals surface area contributed by atoms with Crippen molar-refractivity contribution in [1.82, 2.24) is 4.90 Å². The molecule has 8 heteroatoms. The Morgan fingerprint density at radius 1 is 0.946 bits per heavy atom. The molecule has 0 unspecified atom stereocenters. The topological polar surface area (TPSA) is 51.2 Å². The number of hydrogen-bond acceptors (Lipinski definition) is 6. The lowest BCUT2D eigenvalue weighted by Gasteiger charge is -2.38. The van der Waals surface area contributed by atoms with Gasteiger partial charge < -0.3 is 24.0 Å². The second-order valence-corrected chi connectivity index (χ2v) is 11.8. The quantitative estimate of drug-likeness (QED) is 0.352. The number of hydrogen-bond donors (Lipinski definition) is 0. The van der Waals surface area contributed by atoms with Crippen LogP contribution in [0.15, 0.2) is 42.5 Å². The van der Waals surface area contributed by atoms with Crippen molar-refractivity contribution in [1.29, 1.82) is 0 Å². The van der Waals surface area contributed by atoms with E-state index in [4.69, 9.17) is 37.4 Å². The minimum absolute atomic E-state index is 0.0878. The molecule has 2 aliphatic heterocycles. The summed E-state index contributed by atoms with van der Waals surface area (Å²) in [7, 11) is 0. The Hall–Kier alpha value is -2.15. The molecule has 2 aliphatic rings. The van der Waals surface area contributed by atoms with Crippen LogP contribution in [0.1, 0.15) is 46.5 Å². The molecule has 2 saturated heterocycles. The molecule has 0 aromatic heterocycles. The summed E-state index contributed by atoms with van der Waals surface area (Å²) in [5, 5.41) is 1.08. The number of likely N-dealkylation sites (tertiary alicyclic amines) is 1. The van der Waals surface area contributed by atoms with Gasteiger partial charge in [0, 0.05) is 38.8 Å². The summed E-state index contributed by atoms with van der Waals surface area (Å²) in [5.41, 5.74) is 0.527. The molecule has 0 atom stereocenters. The molecule has 0 amide bonds. The number of piperidine rings is 2. The molecule has 0 radical (unpaired) electrons. The number of ether oxygens (including phenoxy) is 3. The molecule has 0 spiro atoms. The molecule has 202 valence electrons. The summed E-state index contributed by atoms with van der Waals surface area (Å²) in [4.78, 5) is 17.1. The summed E-state index contributed by atoms with van der Waals surface area (Å²) in [6.45, 7) is 10.7. The molecule has 2 fully saturated rings. The highest BCUT2D eigenvalue weighted by molar-refractivity contribution is 6.42. The molecular formula is C29H38Cl2N2O4. The molecule has 0 bridgehead atoms. The van der Waals surface area contributed by atoms with Gasteiger partial charge in [0.25, 0.3) is 0 Å². The van der Waals surface area contributed by atoms with Crippen molar-refractivity contribution in [2.75, 3.05) is 44.2 Å². The molecule has 2 aromatic carbocycles. The van der Waals surface area contributed by atoms with Gasteiger partial charge in [-0.2, -0.15) is 0 Å². The average Bonchev–Trinajstić information content (AvgIpc) is 2.86. The maximum absolute atomic E-state index is 12.1. The number of esters is 1. The van der Waals surface area contributed by atoms with Crippen LogP contribution in [0.2, 0.25) is 10.0 Å². The first kappa shape index (κ1) is 27.9. The van der Waals surface area contributed by atoms with Crippen molar-refractivity contribution in [3.8, 4) is 11.5 Å². The second kappa shape index (κ2) is 12.6. The van der Waals surface area contributed by atoms with Crippen LogP contribution in [-0.4, -0.2) is 61.9 Å². The van der Waals surface area contributed by atoms with E-state index in [1.165, 1.54) is 0 Å². The van der Waals surface area contributed by atoms with Crippen LogP contribution in [-0.2, 0) is 9.53 Å². The van der Waals surface area contributed by atoms with Gasteiger partial charge in [0.05, 0.1) is 15.7 Å². The minimum Gasteiger partial charge on any atom is -0.490 e. The Balaban J connectivity index is 1.20.